The number of ether oxygens (including phenoxy) is 1. The van der Waals surface area contributed by atoms with E-state index in [0.29, 0.717) is 10.3 Å². The Hall–Kier alpha value is -1.64. The molecule has 1 aromatic heterocycles. The van der Waals surface area contributed by atoms with Crippen LogP contribution in [-0.4, -0.2) is 22.8 Å². The Morgan fingerprint density at radius 3 is 2.84 bits per heavy atom. The molecule has 1 fully saturated rings. The van der Waals surface area contributed by atoms with E-state index in [9.17, 15) is 5.26 Å². The molecule has 2 heterocycles. The number of H-pyrrole nitrogens is 1. The summed E-state index contributed by atoms with van der Waals surface area (Å²) in [5, 5.41) is 9.18. The van der Waals surface area contributed by atoms with Gasteiger partial charge in [-0.05, 0) is 44.1 Å². The van der Waals surface area contributed by atoms with Crippen LogP contribution in [0.3, 0.4) is 0 Å². The number of rotatable bonds is 1. The third-order valence-electron chi connectivity index (χ3n) is 3.95. The number of hydrogen-bond acceptors (Lipinski definition) is 3. The first kappa shape index (κ1) is 12.4. The number of aromatic amines is 1. The van der Waals surface area contributed by atoms with E-state index in [4.69, 9.17) is 17.0 Å². The summed E-state index contributed by atoms with van der Waals surface area (Å²) in [6, 6.07) is 7.94. The lowest BCUT2D eigenvalue weighted by Crippen LogP contribution is -2.36. The van der Waals surface area contributed by atoms with Gasteiger partial charge in [-0.2, -0.15) is 5.26 Å². The Bertz CT molecular complexity index is 716. The summed E-state index contributed by atoms with van der Waals surface area (Å²) in [5.74, 6) is 0. The van der Waals surface area contributed by atoms with Crippen LogP contribution in [0.4, 0.5) is 0 Å². The molecule has 0 amide bonds. The Morgan fingerprint density at radius 2 is 2.16 bits per heavy atom. The number of nitrogens with one attached hydrogen (secondary N) is 1. The number of hydrogen-bond donors (Lipinski definition) is 1. The molecule has 0 bridgehead atoms. The summed E-state index contributed by atoms with van der Waals surface area (Å²) in [7, 11) is 0. The zero-order chi connectivity index (χ0) is 13.5. The second-order valence-electron chi connectivity index (χ2n) is 5.19. The molecule has 1 aliphatic heterocycles. The van der Waals surface area contributed by atoms with Crippen molar-refractivity contribution in [2.75, 3.05) is 13.2 Å². The normalized spacial score (nSPS) is 18.3. The van der Waals surface area contributed by atoms with Gasteiger partial charge in [0.1, 0.15) is 6.07 Å². The fourth-order valence-electron chi connectivity index (χ4n) is 2.79. The van der Waals surface area contributed by atoms with Crippen LogP contribution in [0.5, 0.6) is 0 Å². The van der Waals surface area contributed by atoms with Crippen LogP contribution in [0.25, 0.3) is 11.0 Å². The standard InChI is InChI=1S/C14H15N3OS/c1-14(5-7-18-8-6-14)17-11-4-2-3-10(9-15)12(11)16-13(17)19/h2-4H,5-8H2,1H3,(H,16,19). The second-order valence-corrected chi connectivity index (χ2v) is 5.57. The zero-order valence-electron chi connectivity index (χ0n) is 10.8. The summed E-state index contributed by atoms with van der Waals surface area (Å²) in [6.45, 7) is 3.71. The highest BCUT2D eigenvalue weighted by molar-refractivity contribution is 7.71. The van der Waals surface area contributed by atoms with Crippen LogP contribution in [0, 0.1) is 16.1 Å². The van der Waals surface area contributed by atoms with Gasteiger partial charge in [0.15, 0.2) is 4.77 Å². The first-order chi connectivity index (χ1) is 9.15. The molecule has 3 rings (SSSR count). The van der Waals surface area contributed by atoms with Crippen molar-refractivity contribution in [2.24, 2.45) is 0 Å². The molecule has 0 atom stereocenters. The number of para-hydroxylation sites is 1. The maximum atomic E-state index is 9.18. The van der Waals surface area contributed by atoms with Crippen LogP contribution >= 0.6 is 12.2 Å². The SMILES string of the molecule is CC1(n2c(=S)[nH]c3c(C#N)cccc32)CCOCC1. The van der Waals surface area contributed by atoms with E-state index in [1.54, 1.807) is 0 Å². The van der Waals surface area contributed by atoms with Crippen LogP contribution in [0.15, 0.2) is 18.2 Å². The molecule has 19 heavy (non-hydrogen) atoms. The number of nitrogens with zero attached hydrogens (tertiary/aromatic N) is 2. The lowest BCUT2D eigenvalue weighted by Gasteiger charge is -2.35. The highest BCUT2D eigenvalue weighted by Gasteiger charge is 2.31. The fraction of sp³-hybridized carbons (Fsp3) is 0.429. The van der Waals surface area contributed by atoms with Crippen molar-refractivity contribution in [3.8, 4) is 6.07 Å². The highest BCUT2D eigenvalue weighted by atomic mass is 32.1. The van der Waals surface area contributed by atoms with Gasteiger partial charge in [-0.1, -0.05) is 6.07 Å². The molecular formula is C14H15N3OS. The lowest BCUT2D eigenvalue weighted by atomic mass is 9.92. The third kappa shape index (κ3) is 1.88. The average Bonchev–Trinajstić information content (AvgIpc) is 2.76. The summed E-state index contributed by atoms with van der Waals surface area (Å²) >= 11 is 5.47. The Kier molecular flexibility index (Phi) is 2.92. The van der Waals surface area contributed by atoms with Gasteiger partial charge in [-0.25, -0.2) is 0 Å². The minimum atomic E-state index is -0.0400. The maximum Gasteiger partial charge on any atom is 0.178 e. The predicted octanol–water partition coefficient (Wildman–Crippen LogP) is 3.10. The topological polar surface area (TPSA) is 53.7 Å². The van der Waals surface area contributed by atoms with E-state index in [2.05, 4.69) is 22.5 Å². The van der Waals surface area contributed by atoms with Gasteiger partial charge in [0, 0.05) is 18.8 Å². The number of imidazole rings is 1. The summed E-state index contributed by atoms with van der Waals surface area (Å²) in [4.78, 5) is 3.18. The van der Waals surface area contributed by atoms with Crippen molar-refractivity contribution < 1.29 is 4.74 Å². The van der Waals surface area contributed by atoms with E-state index in [1.165, 1.54) is 0 Å². The van der Waals surface area contributed by atoms with Crippen LogP contribution in [0.1, 0.15) is 25.3 Å². The minimum Gasteiger partial charge on any atom is -0.381 e. The van der Waals surface area contributed by atoms with Crippen LogP contribution in [0.2, 0.25) is 0 Å². The number of nitriles is 1. The molecule has 1 aliphatic rings. The van der Waals surface area contributed by atoms with Crippen LogP contribution in [-0.2, 0) is 10.3 Å². The van der Waals surface area contributed by atoms with E-state index in [-0.39, 0.29) is 5.54 Å². The number of benzene rings is 1. The third-order valence-corrected chi connectivity index (χ3v) is 4.23. The van der Waals surface area contributed by atoms with E-state index < -0.39 is 0 Å². The number of fused-ring (bicyclic) bond motifs is 1. The largest absolute Gasteiger partial charge is 0.381 e. The Morgan fingerprint density at radius 1 is 1.42 bits per heavy atom. The zero-order valence-corrected chi connectivity index (χ0v) is 11.6. The molecule has 0 spiro atoms. The first-order valence-corrected chi connectivity index (χ1v) is 6.79. The molecule has 0 unspecified atom stereocenters. The second kappa shape index (κ2) is 4.48. The average molecular weight is 273 g/mol. The van der Waals surface area contributed by atoms with Gasteiger partial charge in [-0.3, -0.25) is 0 Å². The lowest BCUT2D eigenvalue weighted by molar-refractivity contribution is 0.0306. The van der Waals surface area contributed by atoms with Gasteiger partial charge in [0.05, 0.1) is 16.6 Å². The van der Waals surface area contributed by atoms with E-state index in [1.807, 2.05) is 18.2 Å². The Balaban J connectivity index is 2.27. The van der Waals surface area contributed by atoms with Crippen molar-refractivity contribution in [3.63, 3.8) is 0 Å². The molecular weight excluding hydrogens is 258 g/mol. The van der Waals surface area contributed by atoms with Gasteiger partial charge < -0.3 is 14.3 Å². The molecule has 0 radical (unpaired) electrons. The molecule has 98 valence electrons. The maximum absolute atomic E-state index is 9.18. The first-order valence-electron chi connectivity index (χ1n) is 6.38. The van der Waals surface area contributed by atoms with Gasteiger partial charge in [0.2, 0.25) is 0 Å². The van der Waals surface area contributed by atoms with Gasteiger partial charge in [0.25, 0.3) is 0 Å². The minimum absolute atomic E-state index is 0.0400. The summed E-state index contributed by atoms with van der Waals surface area (Å²) < 4.78 is 8.29. The molecule has 1 N–H and O–H groups in total. The molecule has 1 saturated heterocycles. The van der Waals surface area contributed by atoms with E-state index in [0.717, 1.165) is 37.1 Å². The summed E-state index contributed by atoms with van der Waals surface area (Å²) in [5.41, 5.74) is 2.44. The fourth-order valence-corrected chi connectivity index (χ4v) is 3.21. The molecule has 5 heteroatoms. The number of aromatic nitrogens is 2. The van der Waals surface area contributed by atoms with Crippen molar-refractivity contribution in [3.05, 3.63) is 28.5 Å². The predicted molar refractivity (Wildman–Crippen MR) is 75.5 cm³/mol. The monoisotopic (exact) mass is 273 g/mol. The van der Waals surface area contributed by atoms with E-state index >= 15 is 0 Å². The molecule has 1 aromatic carbocycles. The highest BCUT2D eigenvalue weighted by Crippen LogP contribution is 2.33. The van der Waals surface area contributed by atoms with Crippen molar-refractivity contribution >= 4 is 23.3 Å². The van der Waals surface area contributed by atoms with Crippen LogP contribution < -0.4 is 0 Å². The smallest absolute Gasteiger partial charge is 0.178 e. The molecule has 2 aromatic rings. The van der Waals surface area contributed by atoms with Crippen molar-refractivity contribution in [1.29, 1.82) is 5.26 Å². The van der Waals surface area contributed by atoms with Crippen molar-refractivity contribution in [1.82, 2.24) is 9.55 Å². The molecule has 0 saturated carbocycles. The summed E-state index contributed by atoms with van der Waals surface area (Å²) in [6.07, 6.45) is 1.87. The van der Waals surface area contributed by atoms with Gasteiger partial charge >= 0.3 is 0 Å². The molecule has 4 nitrogen and oxygen atoms in total. The van der Waals surface area contributed by atoms with Gasteiger partial charge in [-0.15, -0.1) is 0 Å². The molecule has 0 aliphatic carbocycles. The van der Waals surface area contributed by atoms with Crippen molar-refractivity contribution in [2.45, 2.75) is 25.3 Å². The quantitative estimate of drug-likeness (QED) is 0.812. The Labute approximate surface area is 116 Å².